The summed E-state index contributed by atoms with van der Waals surface area (Å²) >= 11 is 0. The number of benzene rings is 1. The van der Waals surface area contributed by atoms with Crippen molar-refractivity contribution in [1.29, 1.82) is 0 Å². The van der Waals surface area contributed by atoms with Gasteiger partial charge in [0.25, 0.3) is 5.91 Å². The van der Waals surface area contributed by atoms with Crippen LogP contribution in [-0.4, -0.2) is 29.6 Å². The van der Waals surface area contributed by atoms with Crippen LogP contribution in [0.3, 0.4) is 0 Å². The number of hydrogen-bond acceptors (Lipinski definition) is 4. The average Bonchev–Trinajstić information content (AvgIpc) is 2.65. The third kappa shape index (κ3) is 2.54. The number of methoxy groups -OCH3 is 1. The Balaban J connectivity index is 2.26. The second-order valence-electron chi connectivity index (χ2n) is 5.36. The fourth-order valence-corrected chi connectivity index (χ4v) is 1.96. The molecule has 0 atom stereocenters. The van der Waals surface area contributed by atoms with E-state index in [1.54, 1.807) is 39.0 Å². The number of fused-ring (bicyclic) bond motifs is 1. The van der Waals surface area contributed by atoms with Gasteiger partial charge in [-0.1, -0.05) is 6.07 Å². The number of hydrogen-bond donors (Lipinski definition) is 0. The summed E-state index contributed by atoms with van der Waals surface area (Å²) in [4.78, 5) is 25.2. The zero-order valence-corrected chi connectivity index (χ0v) is 11.5. The molecular weight excluding hydrogens is 246 g/mol. The van der Waals surface area contributed by atoms with Crippen LogP contribution < -0.4 is 4.74 Å². The second-order valence-corrected chi connectivity index (χ2v) is 5.36. The highest BCUT2D eigenvalue weighted by Gasteiger charge is 2.36. The number of carbonyl (C=O) groups is 2. The number of ether oxygens (including phenoxy) is 2. The molecule has 0 bridgehead atoms. The van der Waals surface area contributed by atoms with Crippen molar-refractivity contribution in [1.82, 2.24) is 4.90 Å². The Morgan fingerprint density at radius 1 is 1.32 bits per heavy atom. The van der Waals surface area contributed by atoms with Crippen LogP contribution in [0, 0.1) is 0 Å². The molecule has 0 spiro atoms. The first kappa shape index (κ1) is 13.4. The van der Waals surface area contributed by atoms with Crippen molar-refractivity contribution in [3.63, 3.8) is 0 Å². The topological polar surface area (TPSA) is 55.8 Å². The lowest BCUT2D eigenvalue weighted by molar-refractivity contribution is 0.0247. The summed E-state index contributed by atoms with van der Waals surface area (Å²) in [6.45, 7) is 5.48. The van der Waals surface area contributed by atoms with Gasteiger partial charge in [-0.05, 0) is 32.9 Å². The van der Waals surface area contributed by atoms with Gasteiger partial charge >= 0.3 is 6.09 Å². The summed E-state index contributed by atoms with van der Waals surface area (Å²) in [7, 11) is 1.54. The average molecular weight is 263 g/mol. The quantitative estimate of drug-likeness (QED) is 0.781. The number of amides is 2. The SMILES string of the molecule is COc1cccc2c1CN(C(=O)OC(C)(C)C)C2=O. The van der Waals surface area contributed by atoms with Crippen molar-refractivity contribution in [3.05, 3.63) is 29.3 Å². The lowest BCUT2D eigenvalue weighted by Crippen LogP contribution is -2.36. The van der Waals surface area contributed by atoms with E-state index in [0.29, 0.717) is 11.3 Å². The number of carbonyl (C=O) groups excluding carboxylic acids is 2. The third-order valence-corrected chi connectivity index (χ3v) is 2.76. The molecule has 2 amide bonds. The molecule has 19 heavy (non-hydrogen) atoms. The van der Waals surface area contributed by atoms with Crippen molar-refractivity contribution in [2.45, 2.75) is 32.9 Å². The Labute approximate surface area is 112 Å². The first-order valence-corrected chi connectivity index (χ1v) is 6.04. The van der Waals surface area contributed by atoms with Gasteiger partial charge < -0.3 is 9.47 Å². The van der Waals surface area contributed by atoms with Crippen LogP contribution in [0.2, 0.25) is 0 Å². The predicted molar refractivity (Wildman–Crippen MR) is 69.1 cm³/mol. The molecule has 1 aliphatic heterocycles. The summed E-state index contributed by atoms with van der Waals surface area (Å²) < 4.78 is 10.4. The maximum atomic E-state index is 12.2. The van der Waals surface area contributed by atoms with Gasteiger partial charge in [-0.15, -0.1) is 0 Å². The van der Waals surface area contributed by atoms with Crippen LogP contribution in [-0.2, 0) is 11.3 Å². The van der Waals surface area contributed by atoms with Gasteiger partial charge in [-0.2, -0.15) is 0 Å². The molecule has 0 aromatic heterocycles. The highest BCUT2D eigenvalue weighted by atomic mass is 16.6. The first-order chi connectivity index (χ1) is 8.83. The van der Waals surface area contributed by atoms with Crippen LogP contribution in [0.4, 0.5) is 4.79 Å². The Morgan fingerprint density at radius 2 is 2.00 bits per heavy atom. The van der Waals surface area contributed by atoms with Gasteiger partial charge in [0.1, 0.15) is 11.4 Å². The normalized spacial score (nSPS) is 14.3. The van der Waals surface area contributed by atoms with Crippen molar-refractivity contribution in [2.24, 2.45) is 0 Å². The maximum Gasteiger partial charge on any atom is 0.417 e. The molecule has 1 heterocycles. The van der Waals surface area contributed by atoms with E-state index < -0.39 is 11.7 Å². The van der Waals surface area contributed by atoms with Crippen molar-refractivity contribution >= 4 is 12.0 Å². The zero-order chi connectivity index (χ0) is 14.2. The van der Waals surface area contributed by atoms with Gasteiger partial charge in [0.2, 0.25) is 0 Å². The van der Waals surface area contributed by atoms with E-state index in [4.69, 9.17) is 9.47 Å². The van der Waals surface area contributed by atoms with Crippen molar-refractivity contribution in [2.75, 3.05) is 7.11 Å². The molecule has 0 fully saturated rings. The molecule has 5 heteroatoms. The van der Waals surface area contributed by atoms with Crippen molar-refractivity contribution in [3.8, 4) is 5.75 Å². The standard InChI is InChI=1S/C14H17NO4/c1-14(2,3)19-13(17)15-8-10-9(12(15)16)6-5-7-11(10)18-4/h5-7H,8H2,1-4H3. The summed E-state index contributed by atoms with van der Waals surface area (Å²) in [5.74, 6) is 0.264. The molecule has 102 valence electrons. The Hall–Kier alpha value is -2.04. The molecule has 0 aliphatic carbocycles. The van der Waals surface area contributed by atoms with Crippen molar-refractivity contribution < 1.29 is 19.1 Å². The predicted octanol–water partition coefficient (Wildman–Crippen LogP) is 2.59. The monoisotopic (exact) mass is 263 g/mol. The molecule has 5 nitrogen and oxygen atoms in total. The molecule has 1 aromatic carbocycles. The Bertz CT molecular complexity index is 531. The molecule has 0 unspecified atom stereocenters. The summed E-state index contributed by atoms with van der Waals surface area (Å²) in [6.07, 6.45) is -0.629. The van der Waals surface area contributed by atoms with E-state index >= 15 is 0 Å². The van der Waals surface area contributed by atoms with E-state index in [-0.39, 0.29) is 12.5 Å². The van der Waals surface area contributed by atoms with Gasteiger partial charge in [-0.3, -0.25) is 4.79 Å². The smallest absolute Gasteiger partial charge is 0.417 e. The summed E-state index contributed by atoms with van der Waals surface area (Å²) in [6, 6.07) is 5.18. The number of imide groups is 1. The molecule has 2 rings (SSSR count). The molecule has 1 aliphatic rings. The Morgan fingerprint density at radius 3 is 2.58 bits per heavy atom. The molecule has 0 saturated heterocycles. The maximum absolute atomic E-state index is 12.2. The van der Waals surface area contributed by atoms with E-state index in [1.165, 1.54) is 7.11 Å². The number of nitrogens with zero attached hydrogens (tertiary/aromatic N) is 1. The molecule has 0 saturated carbocycles. The second kappa shape index (κ2) is 4.57. The fourth-order valence-electron chi connectivity index (χ4n) is 1.96. The largest absolute Gasteiger partial charge is 0.496 e. The zero-order valence-electron chi connectivity index (χ0n) is 11.5. The van der Waals surface area contributed by atoms with Gasteiger partial charge in [-0.25, -0.2) is 9.69 Å². The summed E-state index contributed by atoms with van der Waals surface area (Å²) in [5, 5.41) is 0. The minimum atomic E-state index is -0.629. The van der Waals surface area contributed by atoms with E-state index in [9.17, 15) is 9.59 Å². The highest BCUT2D eigenvalue weighted by Crippen LogP contribution is 2.31. The van der Waals surface area contributed by atoms with Gasteiger partial charge in [0, 0.05) is 11.1 Å². The third-order valence-electron chi connectivity index (χ3n) is 2.76. The van der Waals surface area contributed by atoms with Crippen LogP contribution in [0.5, 0.6) is 5.75 Å². The van der Waals surface area contributed by atoms with E-state index in [1.807, 2.05) is 0 Å². The fraction of sp³-hybridized carbons (Fsp3) is 0.429. The first-order valence-electron chi connectivity index (χ1n) is 6.04. The molecule has 0 N–H and O–H groups in total. The van der Waals surface area contributed by atoms with Crippen LogP contribution in [0.25, 0.3) is 0 Å². The Kier molecular flexibility index (Phi) is 3.22. The van der Waals surface area contributed by atoms with Gasteiger partial charge in [0.15, 0.2) is 0 Å². The summed E-state index contributed by atoms with van der Waals surface area (Å²) in [5.41, 5.74) is 0.585. The number of rotatable bonds is 1. The lowest BCUT2D eigenvalue weighted by atomic mass is 10.1. The molecule has 1 aromatic rings. The lowest BCUT2D eigenvalue weighted by Gasteiger charge is -2.23. The molecular formula is C14H17NO4. The molecule has 0 radical (unpaired) electrons. The van der Waals surface area contributed by atoms with Gasteiger partial charge in [0.05, 0.1) is 13.7 Å². The minimum absolute atomic E-state index is 0.188. The highest BCUT2D eigenvalue weighted by molar-refractivity contribution is 6.06. The minimum Gasteiger partial charge on any atom is -0.496 e. The van der Waals surface area contributed by atoms with E-state index in [2.05, 4.69) is 0 Å². The van der Waals surface area contributed by atoms with Crippen LogP contribution in [0.15, 0.2) is 18.2 Å². The van der Waals surface area contributed by atoms with Crippen LogP contribution in [0.1, 0.15) is 36.7 Å². The van der Waals surface area contributed by atoms with Crippen LogP contribution >= 0.6 is 0 Å². The van der Waals surface area contributed by atoms with E-state index in [0.717, 1.165) is 10.5 Å².